The van der Waals surface area contributed by atoms with Crippen LogP contribution in [0.25, 0.3) is 0 Å². The maximum atomic E-state index is 8.64. The molecule has 0 aliphatic rings. The molecule has 0 unspecified atom stereocenters. The molecule has 0 saturated heterocycles. The first-order chi connectivity index (χ1) is 9.19. The van der Waals surface area contributed by atoms with Gasteiger partial charge in [0.05, 0.1) is 0 Å². The second kappa shape index (κ2) is 5.81. The predicted molar refractivity (Wildman–Crippen MR) is 70.1 cm³/mol. The van der Waals surface area contributed by atoms with Crippen LogP contribution in [-0.2, 0) is 6.61 Å². The van der Waals surface area contributed by atoms with E-state index in [1.165, 1.54) is 0 Å². The Labute approximate surface area is 110 Å². The molecule has 2 aromatic rings. The van der Waals surface area contributed by atoms with Crippen molar-refractivity contribution in [1.29, 1.82) is 0 Å². The molecule has 0 radical (unpaired) electrons. The number of aromatic nitrogens is 2. The minimum atomic E-state index is -0.0740. The molecule has 6 nitrogen and oxygen atoms in total. The van der Waals surface area contributed by atoms with E-state index in [0.29, 0.717) is 18.0 Å². The van der Waals surface area contributed by atoms with E-state index in [2.05, 4.69) is 15.1 Å². The number of rotatable bonds is 4. The van der Waals surface area contributed by atoms with Crippen molar-refractivity contribution in [1.82, 2.24) is 9.97 Å². The second-order valence-corrected chi connectivity index (χ2v) is 3.94. The Morgan fingerprint density at radius 1 is 1.32 bits per heavy atom. The maximum absolute atomic E-state index is 8.64. The van der Waals surface area contributed by atoms with Gasteiger partial charge in [-0.1, -0.05) is 35.5 Å². The fourth-order valence-corrected chi connectivity index (χ4v) is 1.51. The van der Waals surface area contributed by atoms with E-state index in [9.17, 15) is 0 Å². The van der Waals surface area contributed by atoms with Crippen LogP contribution >= 0.6 is 0 Å². The molecule has 1 aromatic heterocycles. The van der Waals surface area contributed by atoms with Gasteiger partial charge in [-0.2, -0.15) is 4.98 Å². The van der Waals surface area contributed by atoms with Crippen molar-refractivity contribution in [2.45, 2.75) is 13.5 Å². The zero-order valence-electron chi connectivity index (χ0n) is 10.4. The van der Waals surface area contributed by atoms with Crippen molar-refractivity contribution < 1.29 is 9.94 Å². The van der Waals surface area contributed by atoms with Crippen molar-refractivity contribution >= 4 is 5.84 Å². The predicted octanol–water partition coefficient (Wildman–Crippen LogP) is 1.46. The van der Waals surface area contributed by atoms with Gasteiger partial charge in [0.25, 0.3) is 0 Å². The lowest BCUT2D eigenvalue weighted by atomic mass is 10.2. The summed E-state index contributed by atoms with van der Waals surface area (Å²) in [6.45, 7) is 2.14. The third-order valence-corrected chi connectivity index (χ3v) is 2.41. The highest BCUT2D eigenvalue weighted by molar-refractivity contribution is 5.95. The number of amidine groups is 1. The molecule has 1 aromatic carbocycles. The summed E-state index contributed by atoms with van der Waals surface area (Å²) in [5.74, 6) is -0.0740. The van der Waals surface area contributed by atoms with Gasteiger partial charge < -0.3 is 15.7 Å². The SMILES string of the molecule is Cc1cc(/C(N)=N/O)nc(OCc2ccccc2)n1. The molecule has 0 amide bonds. The quantitative estimate of drug-likeness (QED) is 0.375. The normalized spacial score (nSPS) is 11.3. The van der Waals surface area contributed by atoms with E-state index in [1.54, 1.807) is 13.0 Å². The molecule has 6 heteroatoms. The van der Waals surface area contributed by atoms with Crippen LogP contribution in [0.1, 0.15) is 17.0 Å². The van der Waals surface area contributed by atoms with Crippen molar-refractivity contribution in [3.05, 3.63) is 53.3 Å². The smallest absolute Gasteiger partial charge is 0.317 e. The molecular weight excluding hydrogens is 244 g/mol. The lowest BCUT2D eigenvalue weighted by Gasteiger charge is -2.07. The lowest BCUT2D eigenvalue weighted by Crippen LogP contribution is -2.16. The Bertz CT molecular complexity index is 584. The number of oxime groups is 1. The molecular formula is C13H14N4O2. The Hall–Kier alpha value is -2.63. The topological polar surface area (TPSA) is 93.6 Å². The van der Waals surface area contributed by atoms with E-state index >= 15 is 0 Å². The van der Waals surface area contributed by atoms with Crippen molar-refractivity contribution in [2.24, 2.45) is 10.9 Å². The van der Waals surface area contributed by atoms with Gasteiger partial charge in [0, 0.05) is 5.69 Å². The summed E-state index contributed by atoms with van der Waals surface area (Å²) in [7, 11) is 0. The molecule has 98 valence electrons. The average molecular weight is 258 g/mol. The summed E-state index contributed by atoms with van der Waals surface area (Å²) < 4.78 is 5.49. The minimum Gasteiger partial charge on any atom is -0.459 e. The Morgan fingerprint density at radius 3 is 2.74 bits per heavy atom. The third-order valence-electron chi connectivity index (χ3n) is 2.41. The fraction of sp³-hybridized carbons (Fsp3) is 0.154. The zero-order valence-corrected chi connectivity index (χ0v) is 10.4. The standard InChI is InChI=1S/C13H14N4O2/c1-9-7-11(12(14)17-18)16-13(15-9)19-8-10-5-3-2-4-6-10/h2-7,18H,8H2,1H3,(H2,14,17). The number of ether oxygens (including phenoxy) is 1. The minimum absolute atomic E-state index is 0.0740. The lowest BCUT2D eigenvalue weighted by molar-refractivity contribution is 0.279. The molecule has 0 bridgehead atoms. The summed E-state index contributed by atoms with van der Waals surface area (Å²) in [6.07, 6.45) is 0. The van der Waals surface area contributed by atoms with Crippen LogP contribution < -0.4 is 10.5 Å². The maximum Gasteiger partial charge on any atom is 0.317 e. The van der Waals surface area contributed by atoms with E-state index in [4.69, 9.17) is 15.7 Å². The summed E-state index contributed by atoms with van der Waals surface area (Å²) in [5.41, 5.74) is 7.52. The summed E-state index contributed by atoms with van der Waals surface area (Å²) in [4.78, 5) is 8.21. The van der Waals surface area contributed by atoms with Crippen molar-refractivity contribution in [3.63, 3.8) is 0 Å². The van der Waals surface area contributed by atoms with Crippen molar-refractivity contribution in [2.75, 3.05) is 0 Å². The van der Waals surface area contributed by atoms with Crippen LogP contribution in [0.5, 0.6) is 6.01 Å². The van der Waals surface area contributed by atoms with E-state index in [-0.39, 0.29) is 11.8 Å². The van der Waals surface area contributed by atoms with Crippen LogP contribution in [0.2, 0.25) is 0 Å². The average Bonchev–Trinajstić information content (AvgIpc) is 2.45. The van der Waals surface area contributed by atoms with Crippen LogP contribution in [0, 0.1) is 6.92 Å². The molecule has 0 aliphatic carbocycles. The number of nitrogens with zero attached hydrogens (tertiary/aromatic N) is 3. The molecule has 0 fully saturated rings. The first kappa shape index (κ1) is 12.8. The fourth-order valence-electron chi connectivity index (χ4n) is 1.51. The Kier molecular flexibility index (Phi) is 3.92. The highest BCUT2D eigenvalue weighted by atomic mass is 16.5. The first-order valence-electron chi connectivity index (χ1n) is 5.69. The van der Waals surface area contributed by atoms with Gasteiger partial charge in [0.2, 0.25) is 0 Å². The molecule has 0 spiro atoms. The second-order valence-electron chi connectivity index (χ2n) is 3.94. The summed E-state index contributed by atoms with van der Waals surface area (Å²) in [6, 6.07) is 11.5. The van der Waals surface area contributed by atoms with Crippen LogP contribution in [-0.4, -0.2) is 21.0 Å². The van der Waals surface area contributed by atoms with Gasteiger partial charge in [0.1, 0.15) is 12.3 Å². The van der Waals surface area contributed by atoms with E-state index < -0.39 is 0 Å². The number of aryl methyl sites for hydroxylation is 1. The van der Waals surface area contributed by atoms with Crippen LogP contribution in [0.4, 0.5) is 0 Å². The summed E-state index contributed by atoms with van der Waals surface area (Å²) >= 11 is 0. The molecule has 19 heavy (non-hydrogen) atoms. The molecule has 1 heterocycles. The highest BCUT2D eigenvalue weighted by Crippen LogP contribution is 2.09. The number of nitrogens with two attached hydrogens (primary N) is 1. The van der Waals surface area contributed by atoms with Crippen LogP contribution in [0.3, 0.4) is 0 Å². The first-order valence-corrected chi connectivity index (χ1v) is 5.69. The molecule has 2 rings (SSSR count). The summed E-state index contributed by atoms with van der Waals surface area (Å²) in [5, 5.41) is 11.5. The molecule has 0 atom stereocenters. The zero-order chi connectivity index (χ0) is 13.7. The number of hydrogen-bond acceptors (Lipinski definition) is 5. The Morgan fingerprint density at radius 2 is 2.05 bits per heavy atom. The Balaban J connectivity index is 2.14. The third kappa shape index (κ3) is 3.41. The molecule has 0 saturated carbocycles. The van der Waals surface area contributed by atoms with Gasteiger partial charge in [-0.25, -0.2) is 4.98 Å². The van der Waals surface area contributed by atoms with Gasteiger partial charge in [0.15, 0.2) is 5.84 Å². The molecule has 3 N–H and O–H groups in total. The largest absolute Gasteiger partial charge is 0.459 e. The molecule has 0 aliphatic heterocycles. The van der Waals surface area contributed by atoms with Crippen molar-refractivity contribution in [3.8, 4) is 6.01 Å². The number of benzene rings is 1. The van der Waals surface area contributed by atoms with Crippen LogP contribution in [0.15, 0.2) is 41.6 Å². The van der Waals surface area contributed by atoms with E-state index in [0.717, 1.165) is 5.56 Å². The number of hydrogen-bond donors (Lipinski definition) is 2. The van der Waals surface area contributed by atoms with Gasteiger partial charge in [-0.15, -0.1) is 0 Å². The highest BCUT2D eigenvalue weighted by Gasteiger charge is 2.07. The van der Waals surface area contributed by atoms with E-state index in [1.807, 2.05) is 30.3 Å². The van der Waals surface area contributed by atoms with Gasteiger partial charge >= 0.3 is 6.01 Å². The van der Waals surface area contributed by atoms with Gasteiger partial charge in [-0.05, 0) is 18.6 Å². The monoisotopic (exact) mass is 258 g/mol. The van der Waals surface area contributed by atoms with Gasteiger partial charge in [-0.3, -0.25) is 0 Å².